The number of hydrogen-bond acceptors (Lipinski definition) is 4. The number of rotatable bonds is 8. The van der Waals surface area contributed by atoms with Crippen LogP contribution in [0.15, 0.2) is 46.9 Å². The lowest BCUT2D eigenvalue weighted by molar-refractivity contribution is -0.140. The van der Waals surface area contributed by atoms with Crippen molar-refractivity contribution in [2.24, 2.45) is 0 Å². The Morgan fingerprint density at radius 3 is 2.03 bits per heavy atom. The molecule has 0 aromatic heterocycles. The minimum Gasteiger partial charge on any atom is -0.350 e. The van der Waals surface area contributed by atoms with Gasteiger partial charge in [0.1, 0.15) is 12.6 Å². The first-order chi connectivity index (χ1) is 15.6. The molecule has 0 saturated carbocycles. The van der Waals surface area contributed by atoms with Gasteiger partial charge in [0.15, 0.2) is 0 Å². The summed E-state index contributed by atoms with van der Waals surface area (Å²) in [6.07, 6.45) is 1.08. The van der Waals surface area contributed by atoms with Crippen LogP contribution in [0.3, 0.4) is 0 Å². The highest BCUT2D eigenvalue weighted by Gasteiger charge is 2.31. The third-order valence-electron chi connectivity index (χ3n) is 5.11. The average Bonchev–Trinajstić information content (AvgIpc) is 2.68. The van der Waals surface area contributed by atoms with Gasteiger partial charge in [-0.3, -0.25) is 13.9 Å². The van der Waals surface area contributed by atoms with Crippen molar-refractivity contribution in [2.45, 2.75) is 59.7 Å². The number of halogens is 1. The van der Waals surface area contributed by atoms with Gasteiger partial charge < -0.3 is 10.2 Å². The topological polar surface area (TPSA) is 86.8 Å². The van der Waals surface area contributed by atoms with Crippen molar-refractivity contribution in [3.8, 4) is 0 Å². The van der Waals surface area contributed by atoms with Crippen molar-refractivity contribution in [1.82, 2.24) is 10.2 Å². The molecule has 0 aliphatic carbocycles. The Balaban J connectivity index is 2.43. The number of anilines is 1. The molecular weight excluding hydrogens is 518 g/mol. The van der Waals surface area contributed by atoms with Crippen LogP contribution in [0.5, 0.6) is 0 Å². The maximum atomic E-state index is 13.6. The fourth-order valence-corrected chi connectivity index (χ4v) is 4.65. The van der Waals surface area contributed by atoms with E-state index in [1.54, 1.807) is 19.1 Å². The van der Waals surface area contributed by atoms with Crippen LogP contribution in [0.4, 0.5) is 5.69 Å². The van der Waals surface area contributed by atoms with Gasteiger partial charge >= 0.3 is 0 Å². The minimum atomic E-state index is -3.75. The lowest BCUT2D eigenvalue weighted by atomic mass is 10.1. The molecule has 186 valence electrons. The Morgan fingerprint density at radius 2 is 1.56 bits per heavy atom. The van der Waals surface area contributed by atoms with E-state index in [-0.39, 0.29) is 12.5 Å². The molecule has 0 heterocycles. The maximum absolute atomic E-state index is 13.6. The average molecular weight is 553 g/mol. The second-order valence-corrected chi connectivity index (χ2v) is 12.5. The summed E-state index contributed by atoms with van der Waals surface area (Å²) in [6.45, 7) is 10.7. The fourth-order valence-electron chi connectivity index (χ4n) is 3.55. The molecule has 2 rings (SSSR count). The molecule has 2 amide bonds. The smallest absolute Gasteiger partial charge is 0.244 e. The molecule has 7 nitrogen and oxygen atoms in total. The van der Waals surface area contributed by atoms with Crippen LogP contribution in [-0.4, -0.2) is 49.5 Å². The number of nitrogens with zero attached hydrogens (tertiary/aromatic N) is 2. The third kappa shape index (κ3) is 8.13. The highest BCUT2D eigenvalue weighted by molar-refractivity contribution is 9.10. The molecule has 0 bridgehead atoms. The van der Waals surface area contributed by atoms with Crippen LogP contribution in [0, 0.1) is 13.8 Å². The molecule has 2 aromatic rings. The summed E-state index contributed by atoms with van der Waals surface area (Å²) in [4.78, 5) is 27.9. The predicted octanol–water partition coefficient (Wildman–Crippen LogP) is 4.16. The van der Waals surface area contributed by atoms with Gasteiger partial charge in [-0.2, -0.15) is 0 Å². The third-order valence-corrected chi connectivity index (χ3v) is 6.77. The quantitative estimate of drug-likeness (QED) is 0.533. The molecule has 0 radical (unpaired) electrons. The number of carbonyl (C=O) groups is 2. The predicted molar refractivity (Wildman–Crippen MR) is 140 cm³/mol. The molecule has 1 atom stereocenters. The number of aryl methyl sites for hydroxylation is 2. The first-order valence-electron chi connectivity index (χ1n) is 11.0. The van der Waals surface area contributed by atoms with Gasteiger partial charge in [-0.25, -0.2) is 8.42 Å². The number of hydrogen-bond donors (Lipinski definition) is 1. The number of nitrogens with one attached hydrogen (secondary N) is 1. The summed E-state index contributed by atoms with van der Waals surface area (Å²) in [5, 5.41) is 2.91. The van der Waals surface area contributed by atoms with E-state index < -0.39 is 34.1 Å². The molecule has 0 fully saturated rings. The van der Waals surface area contributed by atoms with E-state index in [2.05, 4.69) is 21.2 Å². The van der Waals surface area contributed by atoms with Crippen molar-refractivity contribution in [2.75, 3.05) is 17.1 Å². The summed E-state index contributed by atoms with van der Waals surface area (Å²) < 4.78 is 27.3. The van der Waals surface area contributed by atoms with Crippen molar-refractivity contribution >= 4 is 43.5 Å². The summed E-state index contributed by atoms with van der Waals surface area (Å²) in [5.41, 5.74) is 2.55. The zero-order chi connectivity index (χ0) is 25.8. The molecule has 1 N–H and O–H groups in total. The Morgan fingerprint density at radius 1 is 1.03 bits per heavy atom. The van der Waals surface area contributed by atoms with E-state index in [9.17, 15) is 18.0 Å². The van der Waals surface area contributed by atoms with Gasteiger partial charge in [-0.1, -0.05) is 34.1 Å². The van der Waals surface area contributed by atoms with Crippen molar-refractivity contribution in [3.05, 3.63) is 63.6 Å². The van der Waals surface area contributed by atoms with E-state index in [0.29, 0.717) is 5.69 Å². The Bertz CT molecular complexity index is 1120. The van der Waals surface area contributed by atoms with E-state index in [0.717, 1.165) is 31.7 Å². The number of amides is 2. The molecule has 0 saturated heterocycles. The number of benzene rings is 2. The Labute approximate surface area is 211 Å². The van der Waals surface area contributed by atoms with Gasteiger partial charge in [0, 0.05) is 16.6 Å². The largest absolute Gasteiger partial charge is 0.350 e. The molecule has 0 spiro atoms. The van der Waals surface area contributed by atoms with Crippen LogP contribution in [0.25, 0.3) is 0 Å². The number of carbonyl (C=O) groups excluding carboxylic acids is 2. The Hall–Kier alpha value is -2.39. The van der Waals surface area contributed by atoms with Crippen LogP contribution in [0.1, 0.15) is 44.4 Å². The molecular formula is C25H34BrN3O4S. The zero-order valence-corrected chi connectivity index (χ0v) is 23.2. The fraction of sp³-hybridized carbons (Fsp3) is 0.440. The van der Waals surface area contributed by atoms with Gasteiger partial charge in [0.05, 0.1) is 11.9 Å². The van der Waals surface area contributed by atoms with E-state index in [1.165, 1.54) is 4.90 Å². The SMILES string of the molecule is Cc1cc(C)cc(N(CC(=O)N(Cc2ccc(Br)cc2)[C@H](C)C(=O)NC(C)(C)C)S(C)(=O)=O)c1. The second kappa shape index (κ2) is 10.9. The van der Waals surface area contributed by atoms with Gasteiger partial charge in [-0.15, -0.1) is 0 Å². The monoisotopic (exact) mass is 551 g/mol. The summed E-state index contributed by atoms with van der Waals surface area (Å²) in [7, 11) is -3.75. The standard InChI is InChI=1S/C25H34BrN3O4S/c1-17-12-18(2)14-22(13-17)29(34(7,32)33)16-23(30)28(15-20-8-10-21(26)11-9-20)19(3)24(31)27-25(4,5)6/h8-14,19H,15-16H2,1-7H3,(H,27,31)/t19-/m1/s1. The molecule has 0 unspecified atom stereocenters. The minimum absolute atomic E-state index is 0.162. The molecule has 9 heteroatoms. The maximum Gasteiger partial charge on any atom is 0.244 e. The van der Waals surface area contributed by atoms with Gasteiger partial charge in [0.25, 0.3) is 0 Å². The lowest BCUT2D eigenvalue weighted by Gasteiger charge is -2.33. The Kier molecular flexibility index (Phi) is 8.93. The number of sulfonamides is 1. The molecule has 0 aliphatic rings. The summed E-state index contributed by atoms with van der Waals surface area (Å²) in [6, 6.07) is 12.0. The van der Waals surface area contributed by atoms with Crippen molar-refractivity contribution < 1.29 is 18.0 Å². The lowest BCUT2D eigenvalue weighted by Crippen LogP contribution is -2.54. The van der Waals surface area contributed by atoms with Crippen LogP contribution in [0.2, 0.25) is 0 Å². The van der Waals surface area contributed by atoms with Crippen molar-refractivity contribution in [3.63, 3.8) is 0 Å². The van der Waals surface area contributed by atoms with Crippen LogP contribution < -0.4 is 9.62 Å². The highest BCUT2D eigenvalue weighted by atomic mass is 79.9. The van der Waals surface area contributed by atoms with E-state index in [1.807, 2.05) is 65.0 Å². The second-order valence-electron chi connectivity index (χ2n) is 9.68. The van der Waals surface area contributed by atoms with Gasteiger partial charge in [-0.05, 0) is 82.5 Å². The first-order valence-corrected chi connectivity index (χ1v) is 13.6. The highest BCUT2D eigenvalue weighted by Crippen LogP contribution is 2.22. The summed E-state index contributed by atoms with van der Waals surface area (Å²) in [5.74, 6) is -0.778. The molecule has 0 aliphatic heterocycles. The summed E-state index contributed by atoms with van der Waals surface area (Å²) >= 11 is 3.40. The molecule has 34 heavy (non-hydrogen) atoms. The normalized spacial score (nSPS) is 12.7. The van der Waals surface area contributed by atoms with Crippen LogP contribution >= 0.6 is 15.9 Å². The first kappa shape index (κ1) is 27.9. The van der Waals surface area contributed by atoms with E-state index in [4.69, 9.17) is 0 Å². The molecule has 2 aromatic carbocycles. The zero-order valence-electron chi connectivity index (χ0n) is 20.8. The van der Waals surface area contributed by atoms with E-state index >= 15 is 0 Å². The van der Waals surface area contributed by atoms with Crippen molar-refractivity contribution in [1.29, 1.82) is 0 Å². The van der Waals surface area contributed by atoms with Crippen LogP contribution in [-0.2, 0) is 26.2 Å². The van der Waals surface area contributed by atoms with Gasteiger partial charge in [0.2, 0.25) is 21.8 Å².